The molecule has 4 heterocycles. The fourth-order valence-corrected chi connectivity index (χ4v) is 7.22. The zero-order valence-corrected chi connectivity index (χ0v) is 18.3. The van der Waals surface area contributed by atoms with Gasteiger partial charge in [0.25, 0.3) is 0 Å². The predicted octanol–water partition coefficient (Wildman–Crippen LogP) is 0.788. The molecule has 0 saturated carbocycles. The summed E-state index contributed by atoms with van der Waals surface area (Å²) in [5.41, 5.74) is 6.55. The third kappa shape index (κ3) is 4.94. The average Bonchev–Trinajstić information content (AvgIpc) is 3.21. The Hall–Kier alpha value is -1.57. The molecule has 16 nitrogen and oxygen atoms in total. The number of ether oxygens (including phenoxy) is 2. The summed E-state index contributed by atoms with van der Waals surface area (Å²) >= 11 is 0. The second-order valence-corrected chi connectivity index (χ2v) is 10.8. The number of imidazole rings is 1. The van der Waals surface area contributed by atoms with Crippen molar-refractivity contribution in [3.05, 3.63) is 12.7 Å². The van der Waals surface area contributed by atoms with E-state index in [-0.39, 0.29) is 19.0 Å². The van der Waals surface area contributed by atoms with Crippen molar-refractivity contribution in [2.45, 2.75) is 25.2 Å². The van der Waals surface area contributed by atoms with Gasteiger partial charge in [0.1, 0.15) is 17.9 Å². The van der Waals surface area contributed by atoms with Gasteiger partial charge in [-0.25, -0.2) is 32.7 Å². The Kier molecular flexibility index (Phi) is 6.14. The molecule has 2 aliphatic rings. The van der Waals surface area contributed by atoms with Crippen molar-refractivity contribution in [3.63, 3.8) is 0 Å². The van der Waals surface area contributed by atoms with E-state index in [1.807, 2.05) is 0 Å². The molecule has 4 N–H and O–H groups in total. The number of carbonyl (C=O) groups is 1. The lowest BCUT2D eigenvalue weighted by atomic mass is 10.1. The van der Waals surface area contributed by atoms with Crippen LogP contribution in [-0.4, -0.2) is 60.7 Å². The standard InChI is InChI=1S/C12H16N5O11P3/c1-6(18)25-10-7(17-5-16-9-11(13)14-4-15-12(9)17)2-23-8(10)3-24-29-26-30(19,20)28-31(21,22)27-29/h4-5,7-8,10H,2-3H2,1H3,(H,19,20)(H,21,22)(H2,13,14,15)/t7-,8-,10+/m0/s1. The molecule has 2 aromatic heterocycles. The van der Waals surface area contributed by atoms with Gasteiger partial charge in [-0.05, 0) is 0 Å². The Morgan fingerprint density at radius 1 is 1.32 bits per heavy atom. The van der Waals surface area contributed by atoms with Gasteiger partial charge in [-0.1, -0.05) is 0 Å². The van der Waals surface area contributed by atoms with Gasteiger partial charge in [0.05, 0.1) is 25.6 Å². The Labute approximate surface area is 174 Å². The summed E-state index contributed by atoms with van der Waals surface area (Å²) in [5.74, 6) is -0.432. The third-order valence-corrected chi connectivity index (χ3v) is 8.89. The first-order valence-electron chi connectivity index (χ1n) is 8.46. The van der Waals surface area contributed by atoms with E-state index in [0.29, 0.717) is 11.2 Å². The number of nitrogen functional groups attached to an aromatic ring is 1. The smallest absolute Gasteiger partial charge is 0.457 e. The van der Waals surface area contributed by atoms with E-state index in [1.54, 1.807) is 4.57 Å². The normalized spacial score (nSPS) is 36.0. The van der Waals surface area contributed by atoms with Gasteiger partial charge >= 0.3 is 30.2 Å². The van der Waals surface area contributed by atoms with Crippen LogP contribution in [0.1, 0.15) is 13.0 Å². The number of fused-ring (bicyclic) bond motifs is 1. The second-order valence-electron chi connectivity index (χ2n) is 6.30. The SMILES string of the molecule is CC(=O)O[C@H]1[C@H](COP2OP(=O)(O)OP(=O)(O)O2)OC[C@@H]1n1cnc2c(N)ncnc21. The fraction of sp³-hybridized carbons (Fsp3) is 0.500. The molecule has 0 aromatic carbocycles. The van der Waals surface area contributed by atoms with Gasteiger partial charge in [-0.15, -0.1) is 0 Å². The summed E-state index contributed by atoms with van der Waals surface area (Å²) in [6.07, 6.45) is 0.918. The van der Waals surface area contributed by atoms with E-state index in [4.69, 9.17) is 19.7 Å². The summed E-state index contributed by atoms with van der Waals surface area (Å²) in [4.78, 5) is 42.5. The molecular formula is C12H16N5O11P3. The second kappa shape index (κ2) is 8.41. The fourth-order valence-electron chi connectivity index (χ4n) is 3.03. The molecule has 2 fully saturated rings. The number of rotatable bonds is 5. The zero-order valence-electron chi connectivity index (χ0n) is 15.6. The molecule has 2 saturated heterocycles. The maximum atomic E-state index is 11.7. The van der Waals surface area contributed by atoms with E-state index < -0.39 is 48.5 Å². The molecule has 0 radical (unpaired) electrons. The molecule has 0 amide bonds. The van der Waals surface area contributed by atoms with Crippen molar-refractivity contribution < 1.29 is 50.6 Å². The minimum Gasteiger partial charge on any atom is -0.457 e. The van der Waals surface area contributed by atoms with Crippen molar-refractivity contribution in [2.75, 3.05) is 18.9 Å². The highest BCUT2D eigenvalue weighted by molar-refractivity contribution is 7.72. The van der Waals surface area contributed by atoms with Crippen LogP contribution in [0.25, 0.3) is 11.2 Å². The molecule has 0 aliphatic carbocycles. The van der Waals surface area contributed by atoms with Crippen molar-refractivity contribution in [2.24, 2.45) is 0 Å². The van der Waals surface area contributed by atoms with Crippen LogP contribution in [0.15, 0.2) is 12.7 Å². The van der Waals surface area contributed by atoms with Gasteiger partial charge in [-0.2, -0.15) is 4.31 Å². The van der Waals surface area contributed by atoms with Crippen LogP contribution in [-0.2, 0) is 40.9 Å². The molecule has 0 spiro atoms. The molecule has 2 unspecified atom stereocenters. The number of esters is 1. The van der Waals surface area contributed by atoms with Crippen molar-refractivity contribution in [1.82, 2.24) is 19.5 Å². The quantitative estimate of drug-likeness (QED) is 0.383. The summed E-state index contributed by atoms with van der Waals surface area (Å²) in [7, 11) is -12.4. The lowest BCUT2D eigenvalue weighted by molar-refractivity contribution is -0.151. The molecule has 0 bridgehead atoms. The van der Waals surface area contributed by atoms with Gasteiger partial charge in [0, 0.05) is 6.92 Å². The molecule has 19 heteroatoms. The van der Waals surface area contributed by atoms with Crippen LogP contribution in [0.4, 0.5) is 5.82 Å². The minimum atomic E-state index is -4.85. The lowest BCUT2D eigenvalue weighted by Gasteiger charge is -2.28. The van der Waals surface area contributed by atoms with Crippen LogP contribution >= 0.6 is 24.2 Å². The molecular weight excluding hydrogens is 483 g/mol. The van der Waals surface area contributed by atoms with E-state index in [0.717, 1.165) is 0 Å². The first-order valence-corrected chi connectivity index (χ1v) is 12.5. The molecule has 2 aromatic rings. The number of aromatic nitrogens is 4. The molecule has 31 heavy (non-hydrogen) atoms. The van der Waals surface area contributed by atoms with Crippen molar-refractivity contribution in [1.29, 1.82) is 0 Å². The average molecular weight is 499 g/mol. The van der Waals surface area contributed by atoms with Crippen LogP contribution in [0.5, 0.6) is 0 Å². The number of hydrogen-bond acceptors (Lipinski definition) is 13. The number of anilines is 1. The monoisotopic (exact) mass is 499 g/mol. The number of nitrogens with zero attached hydrogens (tertiary/aromatic N) is 4. The summed E-state index contributed by atoms with van der Waals surface area (Å²) in [5, 5.41) is 0. The van der Waals surface area contributed by atoms with E-state index in [1.165, 1.54) is 19.6 Å². The Morgan fingerprint density at radius 3 is 2.71 bits per heavy atom. The minimum absolute atomic E-state index is 0.0566. The zero-order chi connectivity index (χ0) is 22.4. The molecule has 2 aliphatic heterocycles. The van der Waals surface area contributed by atoms with Crippen molar-refractivity contribution >= 4 is 47.2 Å². The van der Waals surface area contributed by atoms with Crippen LogP contribution in [0, 0.1) is 0 Å². The topological polar surface area (TPSA) is 217 Å². The van der Waals surface area contributed by atoms with Gasteiger partial charge in [0.15, 0.2) is 17.6 Å². The number of nitrogens with two attached hydrogens (primary N) is 1. The maximum Gasteiger partial charge on any atom is 0.488 e. The lowest BCUT2D eigenvalue weighted by Crippen LogP contribution is -2.35. The largest absolute Gasteiger partial charge is 0.488 e. The van der Waals surface area contributed by atoms with Crippen LogP contribution in [0.3, 0.4) is 0 Å². The summed E-state index contributed by atoms with van der Waals surface area (Å²) < 4.78 is 53.9. The highest BCUT2D eigenvalue weighted by Gasteiger charge is 2.49. The van der Waals surface area contributed by atoms with Gasteiger partial charge < -0.3 is 34.1 Å². The highest BCUT2D eigenvalue weighted by atomic mass is 31.3. The van der Waals surface area contributed by atoms with Crippen molar-refractivity contribution in [3.8, 4) is 0 Å². The van der Waals surface area contributed by atoms with E-state index in [2.05, 4.69) is 27.9 Å². The first kappa shape index (κ1) is 22.6. The number of carbonyl (C=O) groups excluding carboxylic acids is 1. The summed E-state index contributed by atoms with van der Waals surface area (Å²) in [6, 6.07) is -0.575. The molecule has 4 rings (SSSR count). The van der Waals surface area contributed by atoms with E-state index >= 15 is 0 Å². The van der Waals surface area contributed by atoms with Crippen LogP contribution < -0.4 is 5.73 Å². The Morgan fingerprint density at radius 2 is 2.03 bits per heavy atom. The number of hydrogen-bond donors (Lipinski definition) is 3. The maximum absolute atomic E-state index is 11.7. The molecule has 5 atom stereocenters. The Bertz CT molecular complexity index is 1070. The van der Waals surface area contributed by atoms with Gasteiger partial charge in [0.2, 0.25) is 0 Å². The first-order chi connectivity index (χ1) is 14.5. The summed E-state index contributed by atoms with van der Waals surface area (Å²) in [6.45, 7) is 0.892. The van der Waals surface area contributed by atoms with Gasteiger partial charge in [-0.3, -0.25) is 4.79 Å². The Balaban J connectivity index is 1.52. The third-order valence-electron chi connectivity index (χ3n) is 4.16. The van der Waals surface area contributed by atoms with E-state index in [9.17, 15) is 23.7 Å². The highest BCUT2D eigenvalue weighted by Crippen LogP contribution is 2.76. The number of phosphoric acid groups is 2. The van der Waals surface area contributed by atoms with Crippen LogP contribution in [0.2, 0.25) is 0 Å². The predicted molar refractivity (Wildman–Crippen MR) is 99.8 cm³/mol. The molecule has 170 valence electrons.